The van der Waals surface area contributed by atoms with Crippen LogP contribution in [-0.4, -0.2) is 31.0 Å². The van der Waals surface area contributed by atoms with Gasteiger partial charge in [-0.15, -0.1) is 13.2 Å². The molecule has 3 N–H and O–H groups in total. The number of alkyl halides is 3. The van der Waals surface area contributed by atoms with Gasteiger partial charge in [0.1, 0.15) is 11.3 Å². The molecule has 1 heterocycles. The summed E-state index contributed by atoms with van der Waals surface area (Å²) >= 11 is 0. The number of nitrogens with two attached hydrogens (primary N) is 1. The van der Waals surface area contributed by atoms with Gasteiger partial charge in [-0.2, -0.15) is 0 Å². The first-order valence-corrected chi connectivity index (χ1v) is 5.82. The lowest BCUT2D eigenvalue weighted by Crippen LogP contribution is -2.51. The summed E-state index contributed by atoms with van der Waals surface area (Å²) in [5, 5.41) is 2.46. The molecule has 1 amide bonds. The Hall–Kier alpha value is -1.80. The van der Waals surface area contributed by atoms with Gasteiger partial charge in [-0.3, -0.25) is 4.79 Å². The number of anilines is 1. The minimum absolute atomic E-state index is 0.0809. The molecule has 20 heavy (non-hydrogen) atoms. The summed E-state index contributed by atoms with van der Waals surface area (Å²) in [6, 6.07) is 5.00. The number of rotatable bonds is 3. The lowest BCUT2D eigenvalue weighted by atomic mass is 9.99. The summed E-state index contributed by atoms with van der Waals surface area (Å²) in [7, 11) is 0. The van der Waals surface area contributed by atoms with Crippen LogP contribution in [0.2, 0.25) is 0 Å². The van der Waals surface area contributed by atoms with Crippen molar-refractivity contribution in [1.29, 1.82) is 0 Å². The first-order valence-electron chi connectivity index (χ1n) is 5.82. The highest BCUT2D eigenvalue weighted by molar-refractivity contribution is 5.98. The van der Waals surface area contributed by atoms with Gasteiger partial charge in [0.25, 0.3) is 0 Å². The number of carbonyl (C=O) groups excluding carboxylic acids is 1. The van der Waals surface area contributed by atoms with Crippen molar-refractivity contribution in [2.45, 2.75) is 18.3 Å². The fourth-order valence-electron chi connectivity index (χ4n) is 1.79. The van der Waals surface area contributed by atoms with E-state index in [1.807, 2.05) is 0 Å². The Bertz CT molecular complexity index is 499. The monoisotopic (exact) mass is 290 g/mol. The zero-order chi connectivity index (χ0) is 14.8. The van der Waals surface area contributed by atoms with Crippen LogP contribution in [0.25, 0.3) is 0 Å². The Morgan fingerprint density at radius 1 is 1.45 bits per heavy atom. The first kappa shape index (κ1) is 14.6. The van der Waals surface area contributed by atoms with Gasteiger partial charge in [-0.25, -0.2) is 0 Å². The Labute approximate surface area is 112 Å². The molecule has 1 aromatic carbocycles. The topological polar surface area (TPSA) is 73.6 Å². The molecule has 0 bridgehead atoms. The second-order valence-corrected chi connectivity index (χ2v) is 4.49. The van der Waals surface area contributed by atoms with Crippen molar-refractivity contribution < 1.29 is 27.4 Å². The number of hydrogen-bond acceptors (Lipinski definition) is 4. The largest absolute Gasteiger partial charge is 0.573 e. The number of carbonyl (C=O) groups is 1. The molecule has 8 heteroatoms. The van der Waals surface area contributed by atoms with Crippen molar-refractivity contribution in [3.63, 3.8) is 0 Å². The number of benzene rings is 1. The van der Waals surface area contributed by atoms with Gasteiger partial charge in [0, 0.05) is 18.4 Å². The lowest BCUT2D eigenvalue weighted by molar-refractivity contribution is -0.274. The van der Waals surface area contributed by atoms with E-state index < -0.39 is 23.6 Å². The molecule has 1 unspecified atom stereocenters. The molecule has 0 radical (unpaired) electrons. The molecular formula is C12H13F3N2O3. The fourth-order valence-corrected chi connectivity index (χ4v) is 1.79. The Kier molecular flexibility index (Phi) is 3.87. The van der Waals surface area contributed by atoms with Crippen molar-refractivity contribution in [3.05, 3.63) is 24.3 Å². The van der Waals surface area contributed by atoms with E-state index in [1.165, 1.54) is 12.1 Å². The summed E-state index contributed by atoms with van der Waals surface area (Å²) in [5.41, 5.74) is 4.86. The smallest absolute Gasteiger partial charge is 0.406 e. The molecule has 0 aliphatic carbocycles. The van der Waals surface area contributed by atoms with Crippen molar-refractivity contribution in [1.82, 2.24) is 0 Å². The second-order valence-electron chi connectivity index (χ2n) is 4.49. The van der Waals surface area contributed by atoms with E-state index >= 15 is 0 Å². The van der Waals surface area contributed by atoms with E-state index in [4.69, 9.17) is 10.5 Å². The van der Waals surface area contributed by atoms with Crippen LogP contribution in [0.3, 0.4) is 0 Å². The zero-order valence-electron chi connectivity index (χ0n) is 10.4. The number of amides is 1. The van der Waals surface area contributed by atoms with E-state index in [0.717, 1.165) is 12.1 Å². The highest BCUT2D eigenvalue weighted by Crippen LogP contribution is 2.26. The van der Waals surface area contributed by atoms with Crippen molar-refractivity contribution in [3.8, 4) is 5.75 Å². The Balaban J connectivity index is 2.06. The molecule has 0 saturated carbocycles. The summed E-state index contributed by atoms with van der Waals surface area (Å²) in [6.07, 6.45) is -4.42. The summed E-state index contributed by atoms with van der Waals surface area (Å²) < 4.78 is 45.1. The SMILES string of the molecule is NC1(C(=O)Nc2cccc(OC(F)(F)F)c2)CCOC1. The highest BCUT2D eigenvalue weighted by Gasteiger charge is 2.38. The number of ether oxygens (including phenoxy) is 2. The normalized spacial score (nSPS) is 22.6. The van der Waals surface area contributed by atoms with E-state index in [9.17, 15) is 18.0 Å². The van der Waals surface area contributed by atoms with Gasteiger partial charge in [0.2, 0.25) is 5.91 Å². The molecule has 5 nitrogen and oxygen atoms in total. The molecule has 0 spiro atoms. The molecule has 2 rings (SSSR count). The minimum Gasteiger partial charge on any atom is -0.406 e. The minimum atomic E-state index is -4.78. The maximum absolute atomic E-state index is 12.1. The van der Waals surface area contributed by atoms with E-state index in [1.54, 1.807) is 0 Å². The van der Waals surface area contributed by atoms with Gasteiger partial charge >= 0.3 is 6.36 Å². The third-order valence-electron chi connectivity index (χ3n) is 2.83. The average Bonchev–Trinajstić information content (AvgIpc) is 2.76. The summed E-state index contributed by atoms with van der Waals surface area (Å²) in [6.45, 7) is 0.457. The lowest BCUT2D eigenvalue weighted by Gasteiger charge is -2.20. The van der Waals surface area contributed by atoms with Crippen LogP contribution >= 0.6 is 0 Å². The van der Waals surface area contributed by atoms with Crippen molar-refractivity contribution in [2.75, 3.05) is 18.5 Å². The van der Waals surface area contributed by atoms with Crippen LogP contribution in [0.1, 0.15) is 6.42 Å². The third-order valence-corrected chi connectivity index (χ3v) is 2.83. The predicted molar refractivity (Wildman–Crippen MR) is 64.1 cm³/mol. The van der Waals surface area contributed by atoms with Gasteiger partial charge in [-0.1, -0.05) is 6.07 Å². The van der Waals surface area contributed by atoms with Crippen LogP contribution < -0.4 is 15.8 Å². The van der Waals surface area contributed by atoms with Crippen LogP contribution in [0.15, 0.2) is 24.3 Å². The summed E-state index contributed by atoms with van der Waals surface area (Å²) in [4.78, 5) is 12.0. The quantitative estimate of drug-likeness (QED) is 0.887. The van der Waals surface area contributed by atoms with Crippen LogP contribution in [0, 0.1) is 0 Å². The van der Waals surface area contributed by atoms with E-state index in [-0.39, 0.29) is 12.3 Å². The second kappa shape index (κ2) is 5.29. The predicted octanol–water partition coefficient (Wildman–Crippen LogP) is 1.64. The number of halogens is 3. The first-order chi connectivity index (χ1) is 9.28. The van der Waals surface area contributed by atoms with Gasteiger partial charge in [0.05, 0.1) is 6.61 Å². The molecule has 1 aromatic rings. The zero-order valence-corrected chi connectivity index (χ0v) is 10.4. The molecule has 0 aromatic heterocycles. The van der Waals surface area contributed by atoms with Gasteiger partial charge < -0.3 is 20.5 Å². The highest BCUT2D eigenvalue weighted by atomic mass is 19.4. The average molecular weight is 290 g/mol. The maximum atomic E-state index is 12.1. The number of nitrogens with one attached hydrogen (secondary N) is 1. The van der Waals surface area contributed by atoms with Crippen molar-refractivity contribution >= 4 is 11.6 Å². The molecule has 1 saturated heterocycles. The standard InChI is InChI=1S/C12H13F3N2O3/c13-12(14,15)20-9-3-1-2-8(6-9)17-10(18)11(16)4-5-19-7-11/h1-3,6H,4-5,7,16H2,(H,17,18). The molecule has 1 aliphatic heterocycles. The molecule has 110 valence electrons. The molecule has 1 fully saturated rings. The van der Waals surface area contributed by atoms with Crippen LogP contribution in [-0.2, 0) is 9.53 Å². The van der Waals surface area contributed by atoms with Gasteiger partial charge in [0.15, 0.2) is 0 Å². The van der Waals surface area contributed by atoms with E-state index in [0.29, 0.717) is 13.0 Å². The number of hydrogen-bond donors (Lipinski definition) is 2. The fraction of sp³-hybridized carbons (Fsp3) is 0.417. The van der Waals surface area contributed by atoms with Gasteiger partial charge in [-0.05, 0) is 18.6 Å². The van der Waals surface area contributed by atoms with Crippen LogP contribution in [0.5, 0.6) is 5.75 Å². The third kappa shape index (κ3) is 3.61. The molecule has 1 aliphatic rings. The Morgan fingerprint density at radius 3 is 2.80 bits per heavy atom. The molecular weight excluding hydrogens is 277 g/mol. The van der Waals surface area contributed by atoms with Crippen LogP contribution in [0.4, 0.5) is 18.9 Å². The molecule has 1 atom stereocenters. The maximum Gasteiger partial charge on any atom is 0.573 e. The van der Waals surface area contributed by atoms with E-state index in [2.05, 4.69) is 10.1 Å². The Morgan fingerprint density at radius 2 is 2.20 bits per heavy atom. The van der Waals surface area contributed by atoms with Crippen molar-refractivity contribution in [2.24, 2.45) is 5.73 Å². The summed E-state index contributed by atoms with van der Waals surface area (Å²) in [5.74, 6) is -0.914.